The van der Waals surface area contributed by atoms with Gasteiger partial charge in [-0.15, -0.1) is 10.2 Å². The van der Waals surface area contributed by atoms with Crippen LogP contribution < -0.4 is 0 Å². The zero-order valence-electron chi connectivity index (χ0n) is 9.19. The number of hydrogen-bond donors (Lipinski definition) is 1. The summed E-state index contributed by atoms with van der Waals surface area (Å²) in [5.41, 5.74) is 1.73. The Labute approximate surface area is 102 Å². The minimum absolute atomic E-state index is 0.241. The number of carbonyl (C=O) groups is 1. The number of rotatable bonds is 2. The topological polar surface area (TPSA) is 80.4 Å². The van der Waals surface area contributed by atoms with Crippen LogP contribution in [0.4, 0.5) is 0 Å². The standard InChI is InChI=1S/C12H8N4O2/c17-12(18)9-3-1-8(2-4-9)11-15-14-10-5-6-13-7-16(10)11/h1-7H,(H,17,18). The number of nitrogens with zero attached hydrogens (tertiary/aromatic N) is 4. The Kier molecular flexibility index (Phi) is 2.26. The zero-order valence-corrected chi connectivity index (χ0v) is 9.19. The van der Waals surface area contributed by atoms with E-state index in [1.54, 1.807) is 35.1 Å². The number of hydrogen-bond acceptors (Lipinski definition) is 4. The summed E-state index contributed by atoms with van der Waals surface area (Å²) in [6.07, 6.45) is 3.26. The summed E-state index contributed by atoms with van der Waals surface area (Å²) in [5, 5.41) is 16.9. The van der Waals surface area contributed by atoms with E-state index in [4.69, 9.17) is 5.11 Å². The van der Waals surface area contributed by atoms with Crippen molar-refractivity contribution in [3.8, 4) is 11.4 Å². The number of aromatic nitrogens is 4. The monoisotopic (exact) mass is 240 g/mol. The van der Waals surface area contributed by atoms with Gasteiger partial charge in [0.05, 0.1) is 5.56 Å². The highest BCUT2D eigenvalue weighted by atomic mass is 16.4. The van der Waals surface area contributed by atoms with Crippen LogP contribution in [0.25, 0.3) is 17.0 Å². The molecule has 88 valence electrons. The molecule has 0 saturated heterocycles. The predicted molar refractivity (Wildman–Crippen MR) is 63.2 cm³/mol. The lowest BCUT2D eigenvalue weighted by Gasteiger charge is -2.00. The minimum Gasteiger partial charge on any atom is -0.478 e. The first-order valence-electron chi connectivity index (χ1n) is 5.24. The normalized spacial score (nSPS) is 10.7. The van der Waals surface area contributed by atoms with Crippen molar-refractivity contribution in [2.45, 2.75) is 0 Å². The third-order valence-corrected chi connectivity index (χ3v) is 2.60. The van der Waals surface area contributed by atoms with Gasteiger partial charge in [0.15, 0.2) is 11.5 Å². The van der Waals surface area contributed by atoms with Crippen molar-refractivity contribution in [1.82, 2.24) is 19.6 Å². The van der Waals surface area contributed by atoms with Crippen molar-refractivity contribution in [3.05, 3.63) is 48.4 Å². The number of carboxylic acids is 1. The molecule has 0 aliphatic rings. The van der Waals surface area contributed by atoms with Crippen molar-refractivity contribution < 1.29 is 9.90 Å². The Morgan fingerprint density at radius 3 is 2.61 bits per heavy atom. The van der Waals surface area contributed by atoms with Crippen LogP contribution in [-0.2, 0) is 0 Å². The van der Waals surface area contributed by atoms with Crippen molar-refractivity contribution in [1.29, 1.82) is 0 Å². The Bertz CT molecular complexity index is 718. The molecule has 3 aromatic rings. The van der Waals surface area contributed by atoms with E-state index in [9.17, 15) is 4.79 Å². The summed E-state index contributed by atoms with van der Waals surface area (Å²) in [5.74, 6) is -0.315. The molecule has 0 spiro atoms. The fourth-order valence-electron chi connectivity index (χ4n) is 1.70. The van der Waals surface area contributed by atoms with Crippen molar-refractivity contribution in [3.63, 3.8) is 0 Å². The van der Waals surface area contributed by atoms with Crippen LogP contribution in [0.2, 0.25) is 0 Å². The summed E-state index contributed by atoms with van der Waals surface area (Å²) >= 11 is 0. The van der Waals surface area contributed by atoms with Crippen LogP contribution in [0.1, 0.15) is 10.4 Å². The fraction of sp³-hybridized carbons (Fsp3) is 0. The SMILES string of the molecule is O=C(O)c1ccc(-c2nnc3ccncn23)cc1. The van der Waals surface area contributed by atoms with E-state index >= 15 is 0 Å². The zero-order chi connectivity index (χ0) is 12.5. The molecular weight excluding hydrogens is 232 g/mol. The fourth-order valence-corrected chi connectivity index (χ4v) is 1.70. The maximum atomic E-state index is 10.8. The lowest BCUT2D eigenvalue weighted by Crippen LogP contribution is -1.96. The Morgan fingerprint density at radius 2 is 1.89 bits per heavy atom. The van der Waals surface area contributed by atoms with E-state index in [0.717, 1.165) is 5.56 Å². The molecule has 0 unspecified atom stereocenters. The van der Waals surface area contributed by atoms with Gasteiger partial charge in [0.25, 0.3) is 0 Å². The molecule has 0 bridgehead atoms. The van der Waals surface area contributed by atoms with Gasteiger partial charge in [0.1, 0.15) is 6.33 Å². The van der Waals surface area contributed by atoms with Gasteiger partial charge in [0, 0.05) is 17.8 Å². The first-order valence-corrected chi connectivity index (χ1v) is 5.24. The van der Waals surface area contributed by atoms with Gasteiger partial charge < -0.3 is 5.11 Å². The van der Waals surface area contributed by atoms with E-state index in [2.05, 4.69) is 15.2 Å². The van der Waals surface area contributed by atoms with E-state index in [1.165, 1.54) is 12.1 Å². The second-order valence-corrected chi connectivity index (χ2v) is 3.71. The highest BCUT2D eigenvalue weighted by Crippen LogP contribution is 2.18. The molecule has 0 saturated carbocycles. The smallest absolute Gasteiger partial charge is 0.335 e. The maximum absolute atomic E-state index is 10.8. The number of benzene rings is 1. The van der Waals surface area contributed by atoms with Crippen LogP contribution in [-0.4, -0.2) is 30.7 Å². The molecule has 6 nitrogen and oxygen atoms in total. The molecule has 0 aliphatic heterocycles. The Morgan fingerprint density at radius 1 is 1.11 bits per heavy atom. The Balaban J connectivity index is 2.12. The van der Waals surface area contributed by atoms with Crippen molar-refractivity contribution >= 4 is 11.6 Å². The molecule has 18 heavy (non-hydrogen) atoms. The van der Waals surface area contributed by atoms with E-state index < -0.39 is 5.97 Å². The second-order valence-electron chi connectivity index (χ2n) is 3.71. The molecule has 0 atom stereocenters. The summed E-state index contributed by atoms with van der Waals surface area (Å²) in [6.45, 7) is 0. The van der Waals surface area contributed by atoms with E-state index in [0.29, 0.717) is 11.5 Å². The third-order valence-electron chi connectivity index (χ3n) is 2.60. The van der Waals surface area contributed by atoms with Crippen LogP contribution in [0.5, 0.6) is 0 Å². The molecule has 2 aromatic heterocycles. The van der Waals surface area contributed by atoms with Gasteiger partial charge in [-0.25, -0.2) is 9.78 Å². The average molecular weight is 240 g/mol. The molecule has 1 aromatic carbocycles. The van der Waals surface area contributed by atoms with Crippen molar-refractivity contribution in [2.24, 2.45) is 0 Å². The molecule has 0 aliphatic carbocycles. The van der Waals surface area contributed by atoms with Gasteiger partial charge >= 0.3 is 5.97 Å². The van der Waals surface area contributed by atoms with E-state index in [1.807, 2.05) is 0 Å². The summed E-state index contributed by atoms with van der Waals surface area (Å²) in [7, 11) is 0. The van der Waals surface area contributed by atoms with Crippen molar-refractivity contribution in [2.75, 3.05) is 0 Å². The van der Waals surface area contributed by atoms with Gasteiger partial charge in [-0.1, -0.05) is 12.1 Å². The first-order chi connectivity index (χ1) is 8.75. The number of carboxylic acid groups (broad SMARTS) is 1. The van der Waals surface area contributed by atoms with Crippen LogP contribution >= 0.6 is 0 Å². The van der Waals surface area contributed by atoms with Gasteiger partial charge in [-0.2, -0.15) is 0 Å². The summed E-state index contributed by atoms with van der Waals surface area (Å²) in [4.78, 5) is 14.8. The van der Waals surface area contributed by atoms with Crippen LogP contribution in [0.3, 0.4) is 0 Å². The highest BCUT2D eigenvalue weighted by Gasteiger charge is 2.08. The average Bonchev–Trinajstić information content (AvgIpc) is 2.82. The minimum atomic E-state index is -0.950. The molecular formula is C12H8N4O2. The maximum Gasteiger partial charge on any atom is 0.335 e. The summed E-state index contributed by atoms with van der Waals surface area (Å²) in [6, 6.07) is 8.23. The van der Waals surface area contributed by atoms with Gasteiger partial charge in [-0.05, 0) is 12.1 Å². The molecule has 0 amide bonds. The molecule has 2 heterocycles. The van der Waals surface area contributed by atoms with Gasteiger partial charge in [-0.3, -0.25) is 4.40 Å². The quantitative estimate of drug-likeness (QED) is 0.734. The number of fused-ring (bicyclic) bond motifs is 1. The van der Waals surface area contributed by atoms with E-state index in [-0.39, 0.29) is 5.56 Å². The summed E-state index contributed by atoms with van der Waals surface area (Å²) < 4.78 is 1.75. The highest BCUT2D eigenvalue weighted by molar-refractivity contribution is 5.88. The van der Waals surface area contributed by atoms with Crippen LogP contribution in [0, 0.1) is 0 Å². The molecule has 0 fully saturated rings. The Hall–Kier alpha value is -2.76. The first kappa shape index (κ1) is 10.4. The molecule has 1 N–H and O–H groups in total. The second kappa shape index (κ2) is 3.92. The van der Waals surface area contributed by atoms with Gasteiger partial charge in [0.2, 0.25) is 0 Å². The lowest BCUT2D eigenvalue weighted by atomic mass is 10.1. The largest absolute Gasteiger partial charge is 0.478 e. The number of aromatic carboxylic acids is 1. The predicted octanol–water partition coefficient (Wildman–Crippen LogP) is 1.49. The lowest BCUT2D eigenvalue weighted by molar-refractivity contribution is 0.0697. The molecule has 0 radical (unpaired) electrons. The molecule has 6 heteroatoms. The molecule has 3 rings (SSSR count). The van der Waals surface area contributed by atoms with Crippen LogP contribution in [0.15, 0.2) is 42.9 Å². The third kappa shape index (κ3) is 1.60.